The van der Waals surface area contributed by atoms with E-state index in [2.05, 4.69) is 17.6 Å². The lowest BCUT2D eigenvalue weighted by Gasteiger charge is -2.66. The molecule has 5 saturated heterocycles. The van der Waals surface area contributed by atoms with Crippen LogP contribution in [0, 0.1) is 51.8 Å². The van der Waals surface area contributed by atoms with Crippen LogP contribution in [0.3, 0.4) is 0 Å². The summed E-state index contributed by atoms with van der Waals surface area (Å²) in [7, 11) is 0. The highest BCUT2D eigenvalue weighted by Crippen LogP contribution is 2.80. The standard InChI is InChI=1S/C40H54N2O10/c1-36(2)31-30(45)32(46)38(4)27(39(31)17-49-29(44)15-28(39)51-36)9-11-37(3)33(50-35(47)34-40(37,38)52-34)22-10-12-48-26(22)14-23-21-7-5-20(24-16-41-18-42-24)13-19(21)6-8-25(23)43/h10,12,19-21,23-25,27-28,31-34,41-43,46H,5-9,11,13-18H2,1-4H3. The fourth-order valence-electron chi connectivity index (χ4n) is 14.6. The number of hydrogen-bond acceptors (Lipinski definition) is 12. The van der Waals surface area contributed by atoms with Gasteiger partial charge < -0.3 is 44.2 Å². The Morgan fingerprint density at radius 1 is 0.962 bits per heavy atom. The lowest BCUT2D eigenvalue weighted by atomic mass is 9.36. The minimum absolute atomic E-state index is 0.0290. The lowest BCUT2D eigenvalue weighted by Crippen LogP contribution is -2.76. The van der Waals surface area contributed by atoms with Crippen molar-refractivity contribution in [3.05, 3.63) is 23.7 Å². The highest BCUT2D eigenvalue weighted by Gasteiger charge is 2.90. The molecule has 10 rings (SSSR count). The molecule has 0 bridgehead atoms. The molecule has 0 radical (unpaired) electrons. The second-order valence-electron chi connectivity index (χ2n) is 19.0. The average Bonchev–Trinajstić information content (AvgIpc) is 3.37. The SMILES string of the molecule is CC1(C)OC2CC(=O)OCC23C1C(=O)C(O)C1(C)C3CCC2(C)C(c3ccoc3CC3C(O)CCC4CC(C5CNCN5)CCC43)OC(=O)C3OC321. The van der Waals surface area contributed by atoms with E-state index in [0.29, 0.717) is 43.1 Å². The highest BCUT2D eigenvalue weighted by molar-refractivity contribution is 5.92. The molecule has 12 nitrogen and oxygen atoms in total. The second kappa shape index (κ2) is 11.1. The van der Waals surface area contributed by atoms with Crippen LogP contribution >= 0.6 is 0 Å². The summed E-state index contributed by atoms with van der Waals surface area (Å²) >= 11 is 0. The molecule has 6 heterocycles. The van der Waals surface area contributed by atoms with Crippen LogP contribution in [0.2, 0.25) is 0 Å². The quantitative estimate of drug-likeness (QED) is 0.265. The van der Waals surface area contributed by atoms with E-state index >= 15 is 0 Å². The van der Waals surface area contributed by atoms with Crippen LogP contribution in [0.4, 0.5) is 0 Å². The van der Waals surface area contributed by atoms with Gasteiger partial charge in [0.2, 0.25) is 0 Å². The Morgan fingerprint density at radius 3 is 2.56 bits per heavy atom. The molecule has 52 heavy (non-hydrogen) atoms. The second-order valence-corrected chi connectivity index (χ2v) is 19.0. The van der Waals surface area contributed by atoms with Gasteiger partial charge in [-0.1, -0.05) is 13.8 Å². The largest absolute Gasteiger partial charge is 0.469 e. The molecule has 5 aliphatic heterocycles. The van der Waals surface area contributed by atoms with Crippen LogP contribution in [-0.4, -0.2) is 89.4 Å². The highest BCUT2D eigenvalue weighted by atomic mass is 16.7. The number of aliphatic hydroxyl groups excluding tert-OH is 2. The van der Waals surface area contributed by atoms with Crippen molar-refractivity contribution >= 4 is 17.7 Å². The van der Waals surface area contributed by atoms with Gasteiger partial charge in [-0.15, -0.1) is 0 Å². The third-order valence-electron chi connectivity index (χ3n) is 16.7. The molecule has 16 atom stereocenters. The number of fused-ring (bicyclic) bond motifs is 2. The van der Waals surface area contributed by atoms with Gasteiger partial charge >= 0.3 is 11.9 Å². The van der Waals surface area contributed by atoms with Crippen molar-refractivity contribution in [1.29, 1.82) is 0 Å². The van der Waals surface area contributed by atoms with Crippen LogP contribution in [-0.2, 0) is 39.8 Å². The number of furan rings is 1. The number of rotatable bonds is 4. The van der Waals surface area contributed by atoms with Crippen LogP contribution < -0.4 is 10.6 Å². The summed E-state index contributed by atoms with van der Waals surface area (Å²) in [6.07, 6.45) is 4.53. The molecular formula is C40H54N2O10. The molecule has 4 N–H and O–H groups in total. The normalized spacial score (nSPS) is 53.0. The molecule has 1 aromatic rings. The van der Waals surface area contributed by atoms with Crippen LogP contribution in [0.15, 0.2) is 16.7 Å². The van der Waals surface area contributed by atoms with Crippen molar-refractivity contribution in [1.82, 2.24) is 10.6 Å². The van der Waals surface area contributed by atoms with E-state index in [1.54, 1.807) is 6.26 Å². The Labute approximate surface area is 304 Å². The van der Waals surface area contributed by atoms with E-state index in [1.807, 2.05) is 26.8 Å². The van der Waals surface area contributed by atoms with E-state index < -0.39 is 69.9 Å². The lowest BCUT2D eigenvalue weighted by molar-refractivity contribution is -0.252. The molecule has 2 spiro atoms. The minimum Gasteiger partial charge on any atom is -0.469 e. The van der Waals surface area contributed by atoms with E-state index in [4.69, 9.17) is 23.4 Å². The topological polar surface area (TPSA) is 169 Å². The minimum atomic E-state index is -1.42. The number of hydrogen-bond donors (Lipinski definition) is 4. The number of cyclic esters (lactones) is 2. The summed E-state index contributed by atoms with van der Waals surface area (Å²) < 4.78 is 31.5. The van der Waals surface area contributed by atoms with Gasteiger partial charge in [0.1, 0.15) is 30.2 Å². The molecule has 12 heteroatoms. The van der Waals surface area contributed by atoms with E-state index in [-0.39, 0.29) is 36.6 Å². The summed E-state index contributed by atoms with van der Waals surface area (Å²) in [6.45, 7) is 9.64. The first-order valence-corrected chi connectivity index (χ1v) is 19.9. The summed E-state index contributed by atoms with van der Waals surface area (Å²) in [4.78, 5) is 41.2. The molecule has 4 aliphatic carbocycles. The molecule has 9 fully saturated rings. The zero-order valence-corrected chi connectivity index (χ0v) is 30.7. The zero-order valence-electron chi connectivity index (χ0n) is 30.7. The smallest absolute Gasteiger partial charge is 0.339 e. The number of ether oxygens (including phenoxy) is 4. The number of ketones is 1. The van der Waals surface area contributed by atoms with Crippen molar-refractivity contribution in [3.63, 3.8) is 0 Å². The fraction of sp³-hybridized carbons (Fsp3) is 0.825. The van der Waals surface area contributed by atoms with E-state index in [1.165, 1.54) is 6.42 Å². The molecular weight excluding hydrogens is 668 g/mol. The van der Waals surface area contributed by atoms with Crippen molar-refractivity contribution in [2.24, 2.45) is 51.8 Å². The maximum Gasteiger partial charge on any atom is 0.339 e. The molecule has 0 aromatic carbocycles. The number of carbonyl (C=O) groups excluding carboxylic acids is 3. The summed E-state index contributed by atoms with van der Waals surface area (Å²) in [5.41, 5.74) is -4.21. The van der Waals surface area contributed by atoms with E-state index in [9.17, 15) is 24.6 Å². The monoisotopic (exact) mass is 722 g/mol. The Bertz CT molecular complexity index is 1690. The number of carbonyl (C=O) groups is 3. The van der Waals surface area contributed by atoms with Gasteiger partial charge in [-0.25, -0.2) is 4.79 Å². The first-order chi connectivity index (χ1) is 24.8. The van der Waals surface area contributed by atoms with Gasteiger partial charge in [0.15, 0.2) is 11.9 Å². The molecule has 16 unspecified atom stereocenters. The zero-order chi connectivity index (χ0) is 36.2. The van der Waals surface area contributed by atoms with E-state index in [0.717, 1.165) is 50.2 Å². The third kappa shape index (κ3) is 4.12. The Morgan fingerprint density at radius 2 is 1.77 bits per heavy atom. The Balaban J connectivity index is 0.989. The summed E-state index contributed by atoms with van der Waals surface area (Å²) in [5, 5.41) is 30.8. The first kappa shape index (κ1) is 34.2. The number of Topliss-reactive ketones (excluding diaryl/α,β-unsaturated/α-hetero) is 1. The Kier molecular flexibility index (Phi) is 7.31. The van der Waals surface area contributed by atoms with Crippen LogP contribution in [0.5, 0.6) is 0 Å². The molecule has 9 aliphatic rings. The van der Waals surface area contributed by atoms with Gasteiger partial charge in [-0.3, -0.25) is 9.59 Å². The van der Waals surface area contributed by atoms with Crippen LogP contribution in [0.25, 0.3) is 0 Å². The van der Waals surface area contributed by atoms with Crippen LogP contribution in [0.1, 0.15) is 96.5 Å². The fourth-order valence-corrected chi connectivity index (χ4v) is 14.6. The summed E-state index contributed by atoms with van der Waals surface area (Å²) in [6, 6.07) is 2.41. The maximum atomic E-state index is 14.6. The average molecular weight is 723 g/mol. The first-order valence-electron chi connectivity index (χ1n) is 19.9. The van der Waals surface area contributed by atoms with Crippen molar-refractivity contribution in [2.45, 2.75) is 133 Å². The van der Waals surface area contributed by atoms with Gasteiger partial charge in [0, 0.05) is 47.5 Å². The number of aliphatic hydroxyl groups is 2. The van der Waals surface area contributed by atoms with Gasteiger partial charge in [-0.2, -0.15) is 0 Å². The predicted octanol–water partition coefficient (Wildman–Crippen LogP) is 2.97. The predicted molar refractivity (Wildman–Crippen MR) is 182 cm³/mol. The third-order valence-corrected chi connectivity index (χ3v) is 16.7. The van der Waals surface area contributed by atoms with Crippen molar-refractivity contribution < 1.29 is 48.0 Å². The molecule has 4 saturated carbocycles. The van der Waals surface area contributed by atoms with Crippen molar-refractivity contribution in [2.75, 3.05) is 19.8 Å². The van der Waals surface area contributed by atoms with Gasteiger partial charge in [-0.05, 0) is 94.4 Å². The maximum absolute atomic E-state index is 14.6. The number of epoxide rings is 1. The number of esters is 2. The molecule has 284 valence electrons. The van der Waals surface area contributed by atoms with Gasteiger partial charge in [0.05, 0.1) is 36.4 Å². The molecule has 0 amide bonds. The van der Waals surface area contributed by atoms with Gasteiger partial charge in [0.25, 0.3) is 0 Å². The Hall–Kier alpha value is -2.35. The number of nitrogens with one attached hydrogen (secondary N) is 2. The summed E-state index contributed by atoms with van der Waals surface area (Å²) in [5.74, 6) is 0.129. The van der Waals surface area contributed by atoms with Crippen molar-refractivity contribution in [3.8, 4) is 0 Å². The molecule has 1 aromatic heterocycles.